The van der Waals surface area contributed by atoms with Crippen LogP contribution in [0.5, 0.6) is 0 Å². The third-order valence-electron chi connectivity index (χ3n) is 1.03. The van der Waals surface area contributed by atoms with Gasteiger partial charge in [-0.15, -0.1) is 11.8 Å². The summed E-state index contributed by atoms with van der Waals surface area (Å²) in [6.07, 6.45) is 0. The lowest BCUT2D eigenvalue weighted by Gasteiger charge is -2.30. The molecule has 42 valence electrons. The standard InChI is InChI=1S/C4H9NOS/c1-6-4-3(5)2-7-4/h3-4H,2,5H2,1H3/t3?,4-/m0/s1. The monoisotopic (exact) mass is 119 g/mol. The summed E-state index contributed by atoms with van der Waals surface area (Å²) in [5, 5.41) is 0. The summed E-state index contributed by atoms with van der Waals surface area (Å²) in [4.78, 5) is 0. The first-order chi connectivity index (χ1) is 3.34. The molecule has 2 nitrogen and oxygen atoms in total. The predicted octanol–water partition coefficient (Wildman–Crippen LogP) is 0.0330. The quantitative estimate of drug-likeness (QED) is 0.529. The second-order valence-corrected chi connectivity index (χ2v) is 2.73. The van der Waals surface area contributed by atoms with Crippen molar-refractivity contribution in [3.05, 3.63) is 0 Å². The van der Waals surface area contributed by atoms with Gasteiger partial charge >= 0.3 is 0 Å². The summed E-state index contributed by atoms with van der Waals surface area (Å²) in [6.45, 7) is 0. The van der Waals surface area contributed by atoms with E-state index in [0.29, 0.717) is 0 Å². The summed E-state index contributed by atoms with van der Waals surface area (Å²) in [5.74, 6) is 1.05. The van der Waals surface area contributed by atoms with Crippen molar-refractivity contribution in [3.63, 3.8) is 0 Å². The van der Waals surface area contributed by atoms with Crippen LogP contribution in [0.25, 0.3) is 0 Å². The van der Waals surface area contributed by atoms with Crippen molar-refractivity contribution in [1.29, 1.82) is 0 Å². The van der Waals surface area contributed by atoms with Crippen LogP contribution < -0.4 is 5.73 Å². The Morgan fingerprint density at radius 2 is 2.57 bits per heavy atom. The van der Waals surface area contributed by atoms with Gasteiger partial charge in [-0.3, -0.25) is 0 Å². The van der Waals surface area contributed by atoms with Crippen LogP contribution in [0.3, 0.4) is 0 Å². The summed E-state index contributed by atoms with van der Waals surface area (Å²) in [6, 6.07) is 0.287. The Morgan fingerprint density at radius 3 is 2.57 bits per heavy atom. The Balaban J connectivity index is 2.16. The van der Waals surface area contributed by atoms with Crippen LogP contribution in [0.15, 0.2) is 0 Å². The normalized spacial score (nSPS) is 40.3. The lowest BCUT2D eigenvalue weighted by atomic mass is 10.4. The van der Waals surface area contributed by atoms with Gasteiger partial charge in [-0.05, 0) is 0 Å². The Kier molecular flexibility index (Phi) is 1.57. The maximum atomic E-state index is 5.49. The fourth-order valence-electron chi connectivity index (χ4n) is 0.529. The van der Waals surface area contributed by atoms with Gasteiger partial charge in [0.15, 0.2) is 0 Å². The maximum absolute atomic E-state index is 5.49. The molecule has 3 heteroatoms. The highest BCUT2D eigenvalue weighted by Gasteiger charge is 2.27. The molecule has 0 bridgehead atoms. The molecule has 1 rings (SSSR count). The van der Waals surface area contributed by atoms with Crippen LogP contribution in [0.2, 0.25) is 0 Å². The second kappa shape index (κ2) is 2.03. The number of rotatable bonds is 1. The summed E-state index contributed by atoms with van der Waals surface area (Å²) >= 11 is 1.77. The zero-order chi connectivity index (χ0) is 5.28. The van der Waals surface area contributed by atoms with Gasteiger partial charge in [0.05, 0.1) is 0 Å². The number of hydrogen-bond donors (Lipinski definition) is 1. The van der Waals surface area contributed by atoms with Crippen molar-refractivity contribution in [3.8, 4) is 0 Å². The fourth-order valence-corrected chi connectivity index (χ4v) is 1.24. The third-order valence-corrected chi connectivity index (χ3v) is 2.48. The van der Waals surface area contributed by atoms with E-state index in [1.807, 2.05) is 0 Å². The zero-order valence-electron chi connectivity index (χ0n) is 4.26. The van der Waals surface area contributed by atoms with Crippen LogP contribution in [-0.2, 0) is 4.74 Å². The highest BCUT2D eigenvalue weighted by Crippen LogP contribution is 2.26. The van der Waals surface area contributed by atoms with Crippen molar-refractivity contribution in [2.24, 2.45) is 5.73 Å². The number of ether oxygens (including phenoxy) is 1. The average Bonchev–Trinajstić information content (AvgIpc) is 1.65. The van der Waals surface area contributed by atoms with Gasteiger partial charge in [0, 0.05) is 18.9 Å². The molecular weight excluding hydrogens is 110 g/mol. The fraction of sp³-hybridized carbons (Fsp3) is 1.00. The average molecular weight is 119 g/mol. The van der Waals surface area contributed by atoms with Crippen molar-refractivity contribution in [1.82, 2.24) is 0 Å². The van der Waals surface area contributed by atoms with Gasteiger partial charge in [-0.2, -0.15) is 0 Å². The molecule has 0 amide bonds. The highest BCUT2D eigenvalue weighted by atomic mass is 32.2. The first-order valence-corrected chi connectivity index (χ1v) is 3.29. The Bertz CT molecular complexity index is 66.7. The first kappa shape index (κ1) is 5.41. The Labute approximate surface area is 47.4 Å². The molecule has 0 aromatic rings. The smallest absolute Gasteiger partial charge is 0.118 e. The van der Waals surface area contributed by atoms with E-state index in [2.05, 4.69) is 0 Å². The van der Waals surface area contributed by atoms with Crippen LogP contribution in [-0.4, -0.2) is 24.3 Å². The van der Waals surface area contributed by atoms with Crippen LogP contribution >= 0.6 is 11.8 Å². The van der Waals surface area contributed by atoms with Gasteiger partial charge < -0.3 is 10.5 Å². The van der Waals surface area contributed by atoms with E-state index in [-0.39, 0.29) is 11.5 Å². The Morgan fingerprint density at radius 1 is 1.86 bits per heavy atom. The molecule has 2 N–H and O–H groups in total. The van der Waals surface area contributed by atoms with Crippen molar-refractivity contribution in [2.75, 3.05) is 12.9 Å². The first-order valence-electron chi connectivity index (χ1n) is 2.24. The van der Waals surface area contributed by atoms with Gasteiger partial charge in [0.1, 0.15) is 5.44 Å². The predicted molar refractivity (Wildman–Crippen MR) is 31.2 cm³/mol. The molecule has 1 unspecified atom stereocenters. The SMILES string of the molecule is CO[C@H]1SCC1N. The molecule has 1 saturated heterocycles. The molecule has 0 aromatic heterocycles. The molecule has 7 heavy (non-hydrogen) atoms. The summed E-state index contributed by atoms with van der Waals surface area (Å²) < 4.78 is 4.94. The molecule has 1 fully saturated rings. The molecule has 0 aromatic carbocycles. The molecule has 1 aliphatic heterocycles. The number of methoxy groups -OCH3 is 1. The van der Waals surface area contributed by atoms with Gasteiger partial charge in [0.25, 0.3) is 0 Å². The highest BCUT2D eigenvalue weighted by molar-refractivity contribution is 8.01. The van der Waals surface area contributed by atoms with Crippen LogP contribution in [0, 0.1) is 0 Å². The molecule has 0 aliphatic carbocycles. The number of nitrogens with two attached hydrogens (primary N) is 1. The Hall–Kier alpha value is 0.270. The van der Waals surface area contributed by atoms with E-state index in [9.17, 15) is 0 Å². The van der Waals surface area contributed by atoms with E-state index in [1.54, 1.807) is 18.9 Å². The molecule has 1 heterocycles. The van der Waals surface area contributed by atoms with Crippen molar-refractivity contribution >= 4 is 11.8 Å². The minimum absolute atomic E-state index is 0.278. The topological polar surface area (TPSA) is 35.2 Å². The molecule has 0 spiro atoms. The van der Waals surface area contributed by atoms with Crippen molar-refractivity contribution < 1.29 is 4.74 Å². The van der Waals surface area contributed by atoms with E-state index >= 15 is 0 Å². The third kappa shape index (κ3) is 0.900. The van der Waals surface area contributed by atoms with E-state index in [4.69, 9.17) is 10.5 Å². The van der Waals surface area contributed by atoms with Crippen LogP contribution in [0.4, 0.5) is 0 Å². The summed E-state index contributed by atoms with van der Waals surface area (Å²) in [5.41, 5.74) is 5.77. The van der Waals surface area contributed by atoms with Gasteiger partial charge in [-0.25, -0.2) is 0 Å². The maximum Gasteiger partial charge on any atom is 0.118 e. The number of hydrogen-bond acceptors (Lipinski definition) is 3. The zero-order valence-corrected chi connectivity index (χ0v) is 5.07. The van der Waals surface area contributed by atoms with Crippen molar-refractivity contribution in [2.45, 2.75) is 11.5 Å². The van der Waals surface area contributed by atoms with E-state index < -0.39 is 0 Å². The van der Waals surface area contributed by atoms with Gasteiger partial charge in [0.2, 0.25) is 0 Å². The second-order valence-electron chi connectivity index (χ2n) is 1.60. The van der Waals surface area contributed by atoms with Gasteiger partial charge in [-0.1, -0.05) is 0 Å². The lowest BCUT2D eigenvalue weighted by Crippen LogP contribution is -2.44. The molecule has 1 aliphatic rings. The minimum Gasteiger partial charge on any atom is -0.369 e. The molecule has 2 atom stereocenters. The lowest BCUT2D eigenvalue weighted by molar-refractivity contribution is 0.145. The summed E-state index contributed by atoms with van der Waals surface area (Å²) in [7, 11) is 1.69. The largest absolute Gasteiger partial charge is 0.369 e. The molecule has 0 saturated carbocycles. The minimum atomic E-state index is 0.278. The molecule has 0 radical (unpaired) electrons. The number of thioether (sulfide) groups is 1. The van der Waals surface area contributed by atoms with E-state index in [1.165, 1.54) is 0 Å². The van der Waals surface area contributed by atoms with Crippen LogP contribution in [0.1, 0.15) is 0 Å². The van der Waals surface area contributed by atoms with E-state index in [0.717, 1.165) is 5.75 Å². The molecular formula is C4H9NOS.